The molecule has 1 N–H and O–H groups in total. The van der Waals surface area contributed by atoms with Gasteiger partial charge in [0, 0.05) is 11.5 Å². The van der Waals surface area contributed by atoms with Crippen LogP contribution in [0.15, 0.2) is 16.8 Å². The number of carbonyl (C=O) groups is 2. The number of alkyl halides is 2. The Hall–Kier alpha value is -0.530. The van der Waals surface area contributed by atoms with Gasteiger partial charge in [0.2, 0.25) is 0 Å². The number of β-lactam (4-membered cyclic amide) rings is 1. The number of nitrogens with zero attached hydrogens (tertiary/aromatic N) is 2. The van der Waals surface area contributed by atoms with E-state index in [0.717, 1.165) is 31.4 Å². The summed E-state index contributed by atoms with van der Waals surface area (Å²) in [7, 11) is 0. The molecule has 8 heteroatoms. The van der Waals surface area contributed by atoms with Crippen LogP contribution in [-0.2, 0) is 9.59 Å². The maximum absolute atomic E-state index is 12.6. The number of aliphatic carboxylic acids is 1. The molecule has 0 aromatic heterocycles. The molecule has 3 atom stereocenters. The van der Waals surface area contributed by atoms with E-state index in [-0.39, 0.29) is 17.0 Å². The first-order chi connectivity index (χ1) is 9.98. The third kappa shape index (κ3) is 2.24. The predicted molar refractivity (Wildman–Crippen MR) is 86.0 cm³/mol. The molecule has 1 saturated heterocycles. The molecular weight excluding hydrogens is 380 g/mol. The number of aliphatic imine (C=N–C) groups is 1. The SMILES string of the molecule is O=C(O)C1=CCS[C@@H]2N1C(=O)[C@]2(N=C1CCCC1)[C@H](Cl)Br. The summed E-state index contributed by atoms with van der Waals surface area (Å²) < 4.78 is -0.646. The standard InChI is InChI=1S/C13H14BrClN2O3S/c14-10(15)13(16-7-3-1-2-4-7)11(20)17-8(9(18)19)5-6-21-12(13)17/h5,10,12H,1-4,6H2,(H,18,19)/t10-,12-,13+/m0/s1. The third-order valence-corrected chi connectivity index (χ3v) is 6.31. The number of carboxylic acid groups (broad SMARTS) is 1. The van der Waals surface area contributed by atoms with Crippen molar-refractivity contribution < 1.29 is 14.7 Å². The zero-order chi connectivity index (χ0) is 15.2. The smallest absolute Gasteiger partial charge is 0.352 e. The molecule has 1 amide bonds. The summed E-state index contributed by atoms with van der Waals surface area (Å²) in [6.07, 6.45) is 5.51. The number of carboxylic acids is 1. The fourth-order valence-corrected chi connectivity index (χ4v) is 5.39. The highest BCUT2D eigenvalue weighted by atomic mass is 79.9. The maximum Gasteiger partial charge on any atom is 0.352 e. The second-order valence-corrected chi connectivity index (χ2v) is 8.26. The molecule has 21 heavy (non-hydrogen) atoms. The Labute approximate surface area is 139 Å². The van der Waals surface area contributed by atoms with Gasteiger partial charge < -0.3 is 5.11 Å². The summed E-state index contributed by atoms with van der Waals surface area (Å²) in [6.45, 7) is 0. The number of amides is 1. The van der Waals surface area contributed by atoms with Gasteiger partial charge in [-0.2, -0.15) is 0 Å². The van der Waals surface area contributed by atoms with Crippen LogP contribution in [0.3, 0.4) is 0 Å². The van der Waals surface area contributed by atoms with Crippen molar-refractivity contribution in [1.82, 2.24) is 4.90 Å². The molecule has 1 aliphatic carbocycles. The Balaban J connectivity index is 1.97. The van der Waals surface area contributed by atoms with Crippen LogP contribution in [0.5, 0.6) is 0 Å². The van der Waals surface area contributed by atoms with Gasteiger partial charge in [-0.05, 0) is 31.8 Å². The summed E-state index contributed by atoms with van der Waals surface area (Å²) in [5, 5.41) is 8.87. The number of hydrogen-bond acceptors (Lipinski definition) is 4. The van der Waals surface area contributed by atoms with Gasteiger partial charge in [0.25, 0.3) is 5.91 Å². The Morgan fingerprint density at radius 2 is 2.24 bits per heavy atom. The van der Waals surface area contributed by atoms with Crippen LogP contribution >= 0.6 is 39.3 Å². The lowest BCUT2D eigenvalue weighted by Gasteiger charge is -2.55. The lowest BCUT2D eigenvalue weighted by atomic mass is 9.89. The number of fused-ring (bicyclic) bond motifs is 1. The molecule has 3 aliphatic rings. The molecule has 0 bridgehead atoms. The Morgan fingerprint density at radius 3 is 2.81 bits per heavy atom. The Morgan fingerprint density at radius 1 is 1.57 bits per heavy atom. The van der Waals surface area contributed by atoms with Gasteiger partial charge in [0.05, 0.1) is 0 Å². The quantitative estimate of drug-likeness (QED) is 0.591. The maximum atomic E-state index is 12.6. The second-order valence-electron chi connectivity index (χ2n) is 5.27. The minimum atomic E-state index is -1.09. The highest BCUT2D eigenvalue weighted by molar-refractivity contribution is 9.10. The minimum Gasteiger partial charge on any atom is -0.477 e. The fraction of sp³-hybridized carbons (Fsp3) is 0.615. The molecular formula is C13H14BrClN2O3S. The van der Waals surface area contributed by atoms with Crippen LogP contribution < -0.4 is 0 Å². The highest BCUT2D eigenvalue weighted by Crippen LogP contribution is 2.51. The minimum absolute atomic E-state index is 0.0378. The van der Waals surface area contributed by atoms with Crippen LogP contribution in [0, 0.1) is 0 Å². The van der Waals surface area contributed by atoms with E-state index in [1.54, 1.807) is 6.08 Å². The van der Waals surface area contributed by atoms with Crippen molar-refractivity contribution in [2.24, 2.45) is 4.99 Å². The normalized spacial score (nSPS) is 33.1. The van der Waals surface area contributed by atoms with E-state index in [1.165, 1.54) is 16.7 Å². The van der Waals surface area contributed by atoms with Gasteiger partial charge in [-0.1, -0.05) is 15.9 Å². The molecule has 3 rings (SSSR count). The van der Waals surface area contributed by atoms with E-state index >= 15 is 0 Å². The van der Waals surface area contributed by atoms with Crippen LogP contribution in [0.4, 0.5) is 0 Å². The summed E-state index contributed by atoms with van der Waals surface area (Å²) >= 11 is 11.0. The van der Waals surface area contributed by atoms with Crippen molar-refractivity contribution in [1.29, 1.82) is 0 Å². The topological polar surface area (TPSA) is 70.0 Å². The van der Waals surface area contributed by atoms with Crippen molar-refractivity contribution >= 4 is 56.9 Å². The van der Waals surface area contributed by atoms with Crippen molar-refractivity contribution in [3.63, 3.8) is 0 Å². The number of carbonyl (C=O) groups excluding carboxylic acids is 1. The van der Waals surface area contributed by atoms with Gasteiger partial charge >= 0.3 is 5.97 Å². The van der Waals surface area contributed by atoms with Crippen molar-refractivity contribution in [3.05, 3.63) is 11.8 Å². The molecule has 0 aromatic rings. The molecule has 0 radical (unpaired) electrons. The van der Waals surface area contributed by atoms with Crippen LogP contribution in [0.2, 0.25) is 0 Å². The largest absolute Gasteiger partial charge is 0.477 e. The van der Waals surface area contributed by atoms with E-state index in [0.29, 0.717) is 5.75 Å². The van der Waals surface area contributed by atoms with Gasteiger partial charge in [-0.3, -0.25) is 14.7 Å². The number of halogens is 2. The van der Waals surface area contributed by atoms with Crippen LogP contribution in [0.1, 0.15) is 25.7 Å². The van der Waals surface area contributed by atoms with Crippen molar-refractivity contribution in [3.8, 4) is 0 Å². The van der Waals surface area contributed by atoms with Gasteiger partial charge in [-0.15, -0.1) is 23.4 Å². The first kappa shape index (κ1) is 15.4. The summed E-state index contributed by atoms with van der Waals surface area (Å²) in [6, 6.07) is 0. The first-order valence-electron chi connectivity index (χ1n) is 6.73. The van der Waals surface area contributed by atoms with E-state index in [4.69, 9.17) is 11.6 Å². The molecule has 0 spiro atoms. The number of thioether (sulfide) groups is 1. The average molecular weight is 394 g/mol. The molecule has 0 unspecified atom stereocenters. The Kier molecular flexibility index (Phi) is 4.09. The predicted octanol–water partition coefficient (Wildman–Crippen LogP) is 2.58. The van der Waals surface area contributed by atoms with Gasteiger partial charge in [0.1, 0.15) is 15.4 Å². The van der Waals surface area contributed by atoms with E-state index < -0.39 is 15.8 Å². The fourth-order valence-electron chi connectivity index (χ4n) is 2.99. The lowest BCUT2D eigenvalue weighted by molar-refractivity contribution is -0.153. The highest BCUT2D eigenvalue weighted by Gasteiger charge is 2.67. The molecule has 0 aromatic carbocycles. The van der Waals surface area contributed by atoms with Gasteiger partial charge in [-0.25, -0.2) is 4.79 Å². The monoisotopic (exact) mass is 392 g/mol. The molecule has 2 fully saturated rings. The van der Waals surface area contributed by atoms with E-state index in [9.17, 15) is 14.7 Å². The second kappa shape index (κ2) is 5.59. The molecule has 1 saturated carbocycles. The molecule has 5 nitrogen and oxygen atoms in total. The van der Waals surface area contributed by atoms with Crippen molar-refractivity contribution in [2.45, 2.75) is 40.9 Å². The molecule has 2 heterocycles. The van der Waals surface area contributed by atoms with Crippen molar-refractivity contribution in [2.75, 3.05) is 5.75 Å². The average Bonchev–Trinajstić information content (AvgIpc) is 2.95. The zero-order valence-electron chi connectivity index (χ0n) is 11.1. The van der Waals surface area contributed by atoms with Gasteiger partial charge in [0.15, 0.2) is 5.54 Å². The summed E-state index contributed by atoms with van der Waals surface area (Å²) in [5.41, 5.74) is -0.0307. The zero-order valence-corrected chi connectivity index (χ0v) is 14.2. The third-order valence-electron chi connectivity index (χ3n) is 4.04. The van der Waals surface area contributed by atoms with Crippen LogP contribution in [-0.4, -0.2) is 48.5 Å². The summed E-state index contributed by atoms with van der Waals surface area (Å²) in [4.78, 5) is 29.9. The van der Waals surface area contributed by atoms with E-state index in [2.05, 4.69) is 20.9 Å². The summed E-state index contributed by atoms with van der Waals surface area (Å²) in [5.74, 6) is -0.875. The Bertz CT molecular complexity index is 558. The van der Waals surface area contributed by atoms with E-state index in [1.807, 2.05) is 0 Å². The lowest BCUT2D eigenvalue weighted by Crippen LogP contribution is -2.75. The number of hydrogen-bond donors (Lipinski definition) is 1. The molecule has 2 aliphatic heterocycles. The van der Waals surface area contributed by atoms with Crippen LogP contribution in [0.25, 0.3) is 0 Å². The number of rotatable bonds is 3. The molecule has 114 valence electrons. The first-order valence-corrected chi connectivity index (χ1v) is 9.13.